The molecule has 0 unspecified atom stereocenters. The third kappa shape index (κ3) is 5.44. The van der Waals surface area contributed by atoms with Crippen LogP contribution < -0.4 is 14.2 Å². The highest BCUT2D eigenvalue weighted by molar-refractivity contribution is 7.93. The van der Waals surface area contributed by atoms with Crippen molar-refractivity contribution in [2.75, 3.05) is 32.7 Å². The quantitative estimate of drug-likeness (QED) is 0.346. The van der Waals surface area contributed by atoms with Crippen LogP contribution in [0.15, 0.2) is 18.7 Å². The standard InChI is InChI=1S/C21H27ClN8O6S/c1-6-36-14-7-13(14)18-27-28-21(30(18)15-19(34-4)25-10-26-20(15)35-5)29-37(31,32)11(2)16(33-3)17-23-8-12(22)9-24-17/h8-11,13-14,16H,6-7H2,1-5H3,(H,28,29)/t11-,13+,14-,16-/m0/s1. The first-order valence-corrected chi connectivity index (χ1v) is 13.2. The Morgan fingerprint density at radius 2 is 1.76 bits per heavy atom. The number of anilines is 1. The van der Waals surface area contributed by atoms with Gasteiger partial charge in [-0.05, 0) is 20.3 Å². The molecule has 0 bridgehead atoms. The van der Waals surface area contributed by atoms with Crippen LogP contribution in [-0.4, -0.2) is 82.4 Å². The van der Waals surface area contributed by atoms with Crippen molar-refractivity contribution in [3.63, 3.8) is 0 Å². The fraction of sp³-hybridized carbons (Fsp3) is 0.524. The van der Waals surface area contributed by atoms with E-state index in [-0.39, 0.29) is 41.2 Å². The lowest BCUT2D eigenvalue weighted by Crippen LogP contribution is -2.33. The van der Waals surface area contributed by atoms with Gasteiger partial charge in [-0.25, -0.2) is 18.4 Å². The van der Waals surface area contributed by atoms with Gasteiger partial charge in [0.25, 0.3) is 0 Å². The zero-order chi connectivity index (χ0) is 26.7. The van der Waals surface area contributed by atoms with Crippen molar-refractivity contribution in [1.82, 2.24) is 34.7 Å². The van der Waals surface area contributed by atoms with Crippen molar-refractivity contribution < 1.29 is 27.4 Å². The maximum atomic E-state index is 13.5. The number of hydrogen-bond donors (Lipinski definition) is 1. The SMILES string of the molecule is CCO[C@H]1C[C@H]1c1nnc(NS(=O)(=O)[C@@H](C)[C@H](OC)c2ncc(Cl)cn2)n1-c1c(OC)ncnc1OC. The summed E-state index contributed by atoms with van der Waals surface area (Å²) in [5.74, 6) is 0.636. The molecule has 3 heterocycles. The third-order valence-corrected chi connectivity index (χ3v) is 7.68. The second kappa shape index (κ2) is 11.1. The van der Waals surface area contributed by atoms with Gasteiger partial charge in [-0.1, -0.05) is 11.6 Å². The van der Waals surface area contributed by atoms with E-state index >= 15 is 0 Å². The monoisotopic (exact) mass is 554 g/mol. The Bertz CT molecular complexity index is 1320. The predicted octanol–water partition coefficient (Wildman–Crippen LogP) is 1.93. The van der Waals surface area contributed by atoms with Gasteiger partial charge in [0.05, 0.1) is 25.3 Å². The van der Waals surface area contributed by atoms with Gasteiger partial charge in [-0.2, -0.15) is 9.97 Å². The first-order valence-electron chi connectivity index (χ1n) is 11.3. The average molecular weight is 555 g/mol. The summed E-state index contributed by atoms with van der Waals surface area (Å²) < 4.78 is 53.1. The van der Waals surface area contributed by atoms with Crippen LogP contribution in [-0.2, 0) is 19.5 Å². The smallest absolute Gasteiger partial charge is 0.245 e. The van der Waals surface area contributed by atoms with Crippen LogP contribution in [0.3, 0.4) is 0 Å². The summed E-state index contributed by atoms with van der Waals surface area (Å²) in [5, 5.41) is 7.60. The van der Waals surface area contributed by atoms with Crippen molar-refractivity contribution in [1.29, 1.82) is 0 Å². The summed E-state index contributed by atoms with van der Waals surface area (Å²) >= 11 is 5.87. The number of rotatable bonds is 12. The molecule has 1 N–H and O–H groups in total. The minimum Gasteiger partial charge on any atom is -0.479 e. The molecule has 1 aliphatic rings. The minimum absolute atomic E-state index is 0.0853. The zero-order valence-corrected chi connectivity index (χ0v) is 22.4. The zero-order valence-electron chi connectivity index (χ0n) is 20.8. The number of aromatic nitrogens is 7. The number of ether oxygens (including phenoxy) is 4. The molecule has 16 heteroatoms. The topological polar surface area (TPSA) is 165 Å². The molecule has 1 saturated carbocycles. The molecule has 14 nitrogen and oxygen atoms in total. The summed E-state index contributed by atoms with van der Waals surface area (Å²) in [6, 6.07) is 0. The maximum absolute atomic E-state index is 13.5. The lowest BCUT2D eigenvalue weighted by Gasteiger charge is -2.22. The molecule has 200 valence electrons. The van der Waals surface area contributed by atoms with Gasteiger partial charge in [0.15, 0.2) is 11.5 Å². The molecule has 1 fully saturated rings. The number of methoxy groups -OCH3 is 3. The van der Waals surface area contributed by atoms with Crippen molar-refractivity contribution in [3.8, 4) is 17.4 Å². The Balaban J connectivity index is 1.76. The largest absolute Gasteiger partial charge is 0.479 e. The summed E-state index contributed by atoms with van der Waals surface area (Å²) in [6.45, 7) is 3.89. The fourth-order valence-corrected chi connectivity index (χ4v) is 5.09. The van der Waals surface area contributed by atoms with E-state index in [1.807, 2.05) is 6.92 Å². The maximum Gasteiger partial charge on any atom is 0.245 e. The van der Waals surface area contributed by atoms with E-state index in [2.05, 4.69) is 34.9 Å². The van der Waals surface area contributed by atoms with Gasteiger partial charge in [0.1, 0.15) is 23.5 Å². The average Bonchev–Trinajstić information content (AvgIpc) is 3.54. The Morgan fingerprint density at radius 1 is 1.11 bits per heavy atom. The van der Waals surface area contributed by atoms with Crippen molar-refractivity contribution in [3.05, 3.63) is 35.4 Å². The van der Waals surface area contributed by atoms with Crippen LogP contribution >= 0.6 is 11.6 Å². The van der Waals surface area contributed by atoms with E-state index in [1.54, 1.807) is 0 Å². The number of sulfonamides is 1. The summed E-state index contributed by atoms with van der Waals surface area (Å²) in [6.07, 6.45) is 3.60. The molecular weight excluding hydrogens is 528 g/mol. The molecule has 0 aliphatic heterocycles. The molecule has 1 aliphatic carbocycles. The molecular formula is C21H27ClN8O6S. The van der Waals surface area contributed by atoms with Gasteiger partial charge in [0.2, 0.25) is 27.7 Å². The Kier molecular flexibility index (Phi) is 8.06. The Morgan fingerprint density at radius 3 is 2.32 bits per heavy atom. The van der Waals surface area contributed by atoms with Gasteiger partial charge < -0.3 is 18.9 Å². The highest BCUT2D eigenvalue weighted by Gasteiger charge is 2.45. The van der Waals surface area contributed by atoms with E-state index in [9.17, 15) is 8.42 Å². The molecule has 4 atom stereocenters. The summed E-state index contributed by atoms with van der Waals surface area (Å²) in [4.78, 5) is 16.5. The highest BCUT2D eigenvalue weighted by atomic mass is 35.5. The van der Waals surface area contributed by atoms with E-state index in [0.29, 0.717) is 23.9 Å². The molecule has 37 heavy (non-hydrogen) atoms. The van der Waals surface area contributed by atoms with Gasteiger partial charge >= 0.3 is 0 Å². The lowest BCUT2D eigenvalue weighted by atomic mass is 10.2. The van der Waals surface area contributed by atoms with E-state index in [0.717, 1.165) is 0 Å². The van der Waals surface area contributed by atoms with Crippen molar-refractivity contribution in [2.45, 2.75) is 43.6 Å². The molecule has 4 rings (SSSR count). The predicted molar refractivity (Wildman–Crippen MR) is 132 cm³/mol. The minimum atomic E-state index is -4.13. The number of halogens is 1. The van der Waals surface area contributed by atoms with Crippen LogP contribution in [0.2, 0.25) is 5.02 Å². The molecule has 3 aromatic heterocycles. The molecule has 0 amide bonds. The highest BCUT2D eigenvalue weighted by Crippen LogP contribution is 2.45. The second-order valence-electron chi connectivity index (χ2n) is 8.06. The van der Waals surface area contributed by atoms with Crippen LogP contribution in [0.4, 0.5) is 5.95 Å². The van der Waals surface area contributed by atoms with Crippen molar-refractivity contribution in [2.24, 2.45) is 0 Å². The van der Waals surface area contributed by atoms with Gasteiger partial charge in [0, 0.05) is 32.0 Å². The summed E-state index contributed by atoms with van der Waals surface area (Å²) in [7, 11) is 0.0895. The van der Waals surface area contributed by atoms with Crippen LogP contribution in [0.5, 0.6) is 11.8 Å². The van der Waals surface area contributed by atoms with Crippen LogP contribution in [0, 0.1) is 0 Å². The van der Waals surface area contributed by atoms with E-state index < -0.39 is 21.4 Å². The normalized spacial score (nSPS) is 18.8. The molecule has 0 spiro atoms. The lowest BCUT2D eigenvalue weighted by molar-refractivity contribution is 0.0950. The number of hydrogen-bond acceptors (Lipinski definition) is 12. The summed E-state index contributed by atoms with van der Waals surface area (Å²) in [5.41, 5.74) is 0.240. The molecule has 0 aromatic carbocycles. The third-order valence-electron chi connectivity index (χ3n) is 5.80. The molecule has 0 saturated heterocycles. The van der Waals surface area contributed by atoms with Crippen LogP contribution in [0.25, 0.3) is 5.69 Å². The number of nitrogens with zero attached hydrogens (tertiary/aromatic N) is 7. The van der Waals surface area contributed by atoms with E-state index in [4.69, 9.17) is 30.5 Å². The Labute approximate surface area is 218 Å². The van der Waals surface area contributed by atoms with Crippen molar-refractivity contribution >= 4 is 27.6 Å². The fourth-order valence-electron chi connectivity index (χ4n) is 3.86. The first-order chi connectivity index (χ1) is 17.7. The van der Waals surface area contributed by atoms with Gasteiger partial charge in [-0.3, -0.25) is 9.29 Å². The van der Waals surface area contributed by atoms with Gasteiger partial charge in [-0.15, -0.1) is 10.2 Å². The Hall–Kier alpha value is -3.14. The molecule has 0 radical (unpaired) electrons. The van der Waals surface area contributed by atoms with E-state index in [1.165, 1.54) is 51.5 Å². The van der Waals surface area contributed by atoms with Crippen LogP contribution in [0.1, 0.15) is 43.9 Å². The second-order valence-corrected chi connectivity index (χ2v) is 10.5. The molecule has 3 aromatic rings. The first kappa shape index (κ1) is 26.9. The number of nitrogens with one attached hydrogen (secondary N) is 1.